The van der Waals surface area contributed by atoms with Crippen LogP contribution in [0, 0.1) is 0 Å². The van der Waals surface area contributed by atoms with Gasteiger partial charge in [-0.05, 0) is 41.3 Å². The minimum absolute atomic E-state index is 0.0697. The Hall–Kier alpha value is -2.54. The highest BCUT2D eigenvalue weighted by Crippen LogP contribution is 2.29. The van der Waals surface area contributed by atoms with E-state index in [1.54, 1.807) is 0 Å². The molecule has 2 N–H and O–H groups in total. The molecule has 0 heterocycles. The summed E-state index contributed by atoms with van der Waals surface area (Å²) in [7, 11) is 1.52. The Morgan fingerprint density at radius 3 is 2.33 bits per heavy atom. The topological polar surface area (TPSA) is 56.8 Å². The predicted molar refractivity (Wildman–Crippen MR) is 98.9 cm³/mol. The summed E-state index contributed by atoms with van der Waals surface area (Å²) in [6.07, 6.45) is -4.36. The maximum Gasteiger partial charge on any atom is 0.416 e. The van der Waals surface area contributed by atoms with Gasteiger partial charge in [0, 0.05) is 7.11 Å². The summed E-state index contributed by atoms with van der Waals surface area (Å²) < 4.78 is 48.4. The first-order valence-electron chi connectivity index (χ1n) is 8.44. The highest BCUT2D eigenvalue weighted by atomic mass is 19.4. The summed E-state index contributed by atoms with van der Waals surface area (Å²) in [4.78, 5) is 4.32. The van der Waals surface area contributed by atoms with Gasteiger partial charge in [0.15, 0.2) is 6.79 Å². The molecule has 0 unspecified atom stereocenters. The molecule has 2 aromatic rings. The Morgan fingerprint density at radius 2 is 1.78 bits per heavy atom. The summed E-state index contributed by atoms with van der Waals surface area (Å²) in [6, 6.07) is 10.5. The second-order valence-electron chi connectivity index (χ2n) is 6.36. The molecule has 27 heavy (non-hydrogen) atoms. The minimum Gasteiger partial charge on any atom is -0.467 e. The lowest BCUT2D eigenvalue weighted by Gasteiger charge is -2.14. The summed E-state index contributed by atoms with van der Waals surface area (Å²) in [6.45, 7) is 4.36. The van der Waals surface area contributed by atoms with E-state index < -0.39 is 11.7 Å². The van der Waals surface area contributed by atoms with Crippen LogP contribution in [0.5, 0.6) is 5.75 Å². The molecule has 7 heteroatoms. The molecule has 0 bridgehead atoms. The van der Waals surface area contributed by atoms with E-state index in [1.165, 1.54) is 19.2 Å². The molecule has 0 amide bonds. The minimum atomic E-state index is -4.36. The van der Waals surface area contributed by atoms with Gasteiger partial charge in [-0.25, -0.2) is 0 Å². The molecule has 0 aliphatic rings. The molecule has 4 nitrogen and oxygen atoms in total. The maximum atomic E-state index is 12.6. The van der Waals surface area contributed by atoms with Crippen molar-refractivity contribution in [1.82, 2.24) is 0 Å². The van der Waals surface area contributed by atoms with Gasteiger partial charge in [-0.15, -0.1) is 0 Å². The first-order chi connectivity index (χ1) is 12.7. The number of hydrogen-bond acceptors (Lipinski definition) is 3. The molecular formula is C20H23F3N2O2. The SMILES string of the molecule is COCOc1ccc(C(C)C)cc1C(N)=NCc1ccc(C(F)(F)F)cc1. The van der Waals surface area contributed by atoms with Crippen molar-refractivity contribution in [2.45, 2.75) is 32.5 Å². The Labute approximate surface area is 156 Å². The number of halogens is 3. The average Bonchev–Trinajstić information content (AvgIpc) is 2.63. The van der Waals surface area contributed by atoms with Crippen LogP contribution in [0.4, 0.5) is 13.2 Å². The molecular weight excluding hydrogens is 357 g/mol. The molecule has 0 aliphatic carbocycles. The summed E-state index contributed by atoms with van der Waals surface area (Å²) in [5, 5.41) is 0. The smallest absolute Gasteiger partial charge is 0.416 e. The number of rotatable bonds is 7. The standard InChI is InChI=1S/C20H23F3N2O2/c1-13(2)15-6-9-18(27-12-26-3)17(10-15)19(24)25-11-14-4-7-16(8-5-14)20(21,22)23/h4-10,13H,11-12H2,1-3H3,(H2,24,25). The lowest BCUT2D eigenvalue weighted by molar-refractivity contribution is -0.137. The van der Waals surface area contributed by atoms with Gasteiger partial charge in [0.1, 0.15) is 11.6 Å². The summed E-state index contributed by atoms with van der Waals surface area (Å²) >= 11 is 0. The Morgan fingerprint density at radius 1 is 1.11 bits per heavy atom. The van der Waals surface area contributed by atoms with E-state index in [1.807, 2.05) is 18.2 Å². The second kappa shape index (κ2) is 8.90. The van der Waals surface area contributed by atoms with Crippen molar-refractivity contribution in [3.63, 3.8) is 0 Å². The van der Waals surface area contributed by atoms with E-state index >= 15 is 0 Å². The molecule has 0 aliphatic heterocycles. The van der Waals surface area contributed by atoms with Crippen molar-refractivity contribution in [1.29, 1.82) is 0 Å². The number of aliphatic imine (C=N–C) groups is 1. The molecule has 2 aromatic carbocycles. The number of amidine groups is 1. The average molecular weight is 380 g/mol. The number of benzene rings is 2. The second-order valence-corrected chi connectivity index (χ2v) is 6.36. The van der Waals surface area contributed by atoms with Crippen LogP contribution in [0.2, 0.25) is 0 Å². The van der Waals surface area contributed by atoms with Crippen molar-refractivity contribution >= 4 is 5.84 Å². The monoisotopic (exact) mass is 380 g/mol. The van der Waals surface area contributed by atoms with Crippen molar-refractivity contribution in [2.24, 2.45) is 10.7 Å². The van der Waals surface area contributed by atoms with Crippen LogP contribution in [0.15, 0.2) is 47.5 Å². The molecule has 0 aromatic heterocycles. The first-order valence-corrected chi connectivity index (χ1v) is 8.44. The summed E-state index contributed by atoms with van der Waals surface area (Å²) in [5.41, 5.74) is 7.77. The number of methoxy groups -OCH3 is 1. The normalized spacial score (nSPS) is 12.5. The van der Waals surface area contributed by atoms with Crippen molar-refractivity contribution in [2.75, 3.05) is 13.9 Å². The Bertz CT molecular complexity index is 785. The third kappa shape index (κ3) is 5.72. The van der Waals surface area contributed by atoms with Gasteiger partial charge in [0.05, 0.1) is 17.7 Å². The fourth-order valence-electron chi connectivity index (χ4n) is 2.42. The Kier molecular flexibility index (Phi) is 6.85. The van der Waals surface area contributed by atoms with Gasteiger partial charge in [-0.2, -0.15) is 13.2 Å². The van der Waals surface area contributed by atoms with E-state index in [4.69, 9.17) is 15.2 Å². The molecule has 0 radical (unpaired) electrons. The number of ether oxygens (including phenoxy) is 2. The number of nitrogens with two attached hydrogens (primary N) is 1. The molecule has 0 fully saturated rings. The highest BCUT2D eigenvalue weighted by molar-refractivity contribution is 6.00. The molecule has 0 saturated heterocycles. The van der Waals surface area contributed by atoms with Crippen LogP contribution in [-0.4, -0.2) is 19.7 Å². The maximum absolute atomic E-state index is 12.6. The number of hydrogen-bond donors (Lipinski definition) is 1. The third-order valence-corrected chi connectivity index (χ3v) is 3.99. The fraction of sp³-hybridized carbons (Fsp3) is 0.350. The largest absolute Gasteiger partial charge is 0.467 e. The van der Waals surface area contributed by atoms with E-state index in [0.717, 1.165) is 17.7 Å². The van der Waals surface area contributed by atoms with Gasteiger partial charge in [-0.3, -0.25) is 4.99 Å². The van der Waals surface area contributed by atoms with E-state index in [9.17, 15) is 13.2 Å². The van der Waals surface area contributed by atoms with Gasteiger partial charge in [0.25, 0.3) is 0 Å². The molecule has 0 atom stereocenters. The lowest BCUT2D eigenvalue weighted by atomic mass is 10.00. The van der Waals surface area contributed by atoms with Crippen LogP contribution in [-0.2, 0) is 17.5 Å². The zero-order valence-electron chi connectivity index (χ0n) is 15.5. The van der Waals surface area contributed by atoms with Gasteiger partial charge < -0.3 is 15.2 Å². The molecule has 146 valence electrons. The highest BCUT2D eigenvalue weighted by Gasteiger charge is 2.29. The van der Waals surface area contributed by atoms with Crippen molar-refractivity contribution < 1.29 is 22.6 Å². The zero-order valence-corrected chi connectivity index (χ0v) is 15.5. The molecule has 2 rings (SSSR count). The third-order valence-electron chi connectivity index (χ3n) is 3.99. The van der Waals surface area contributed by atoms with Crippen LogP contribution in [0.1, 0.15) is 42.0 Å². The quantitative estimate of drug-likeness (QED) is 0.430. The fourth-order valence-corrected chi connectivity index (χ4v) is 2.42. The van der Waals surface area contributed by atoms with Gasteiger partial charge in [0.2, 0.25) is 0 Å². The first kappa shape index (κ1) is 20.8. The van der Waals surface area contributed by atoms with Gasteiger partial charge >= 0.3 is 6.18 Å². The van der Waals surface area contributed by atoms with Crippen LogP contribution >= 0.6 is 0 Å². The van der Waals surface area contributed by atoms with E-state index in [0.29, 0.717) is 22.8 Å². The van der Waals surface area contributed by atoms with E-state index in [-0.39, 0.29) is 19.2 Å². The predicted octanol–water partition coefficient (Wildman–Crippen LogP) is 4.72. The van der Waals surface area contributed by atoms with E-state index in [2.05, 4.69) is 18.8 Å². The zero-order chi connectivity index (χ0) is 20.0. The number of alkyl halides is 3. The Balaban J connectivity index is 2.24. The van der Waals surface area contributed by atoms with Crippen molar-refractivity contribution in [3.05, 3.63) is 64.7 Å². The van der Waals surface area contributed by atoms with Gasteiger partial charge in [-0.1, -0.05) is 32.0 Å². The molecule has 0 spiro atoms. The lowest BCUT2D eigenvalue weighted by Crippen LogP contribution is -2.16. The number of nitrogens with zero attached hydrogens (tertiary/aromatic N) is 1. The van der Waals surface area contributed by atoms with Crippen LogP contribution < -0.4 is 10.5 Å². The molecule has 0 saturated carbocycles. The van der Waals surface area contributed by atoms with Crippen LogP contribution in [0.3, 0.4) is 0 Å². The summed E-state index contributed by atoms with van der Waals surface area (Å²) in [5.74, 6) is 1.08. The van der Waals surface area contributed by atoms with Crippen LogP contribution in [0.25, 0.3) is 0 Å². The van der Waals surface area contributed by atoms with Crippen molar-refractivity contribution in [3.8, 4) is 5.75 Å².